The molecule has 152 valence electrons. The Morgan fingerprint density at radius 2 is 1.65 bits per heavy atom. The van der Waals surface area contributed by atoms with Crippen LogP contribution in [0.25, 0.3) is 16.2 Å². The predicted molar refractivity (Wildman–Crippen MR) is 131 cm³/mol. The average Bonchev–Trinajstić information content (AvgIpc) is 3.28. The van der Waals surface area contributed by atoms with E-state index < -0.39 is 0 Å². The minimum Gasteiger partial charge on any atom is -0.266 e. The van der Waals surface area contributed by atoms with Gasteiger partial charge in [0.15, 0.2) is 5.84 Å². The molecule has 1 aromatic heterocycles. The van der Waals surface area contributed by atoms with Crippen molar-refractivity contribution < 1.29 is 4.79 Å². The largest absolute Gasteiger partial charge is 0.282 e. The molecule has 1 amide bonds. The molecule has 0 unspecified atom stereocenters. The molecule has 0 fully saturated rings. The Labute approximate surface area is 193 Å². The van der Waals surface area contributed by atoms with Crippen molar-refractivity contribution in [2.75, 3.05) is 4.90 Å². The maximum atomic E-state index is 13.4. The molecule has 0 aliphatic carbocycles. The number of rotatable bonds is 3. The van der Waals surface area contributed by atoms with Crippen LogP contribution in [0.2, 0.25) is 10.0 Å². The maximum Gasteiger partial charge on any atom is 0.282 e. The van der Waals surface area contributed by atoms with E-state index in [4.69, 9.17) is 28.2 Å². The molecule has 2 heterocycles. The van der Waals surface area contributed by atoms with Crippen LogP contribution in [-0.2, 0) is 4.79 Å². The fourth-order valence-electron chi connectivity index (χ4n) is 3.48. The van der Waals surface area contributed by atoms with Crippen LogP contribution in [0.15, 0.2) is 83.5 Å². The van der Waals surface area contributed by atoms with Crippen LogP contribution in [0.4, 0.5) is 5.69 Å². The number of thiophene rings is 1. The van der Waals surface area contributed by atoms with Crippen molar-refractivity contribution in [2.24, 2.45) is 4.99 Å². The molecule has 5 rings (SSSR count). The van der Waals surface area contributed by atoms with Gasteiger partial charge < -0.3 is 0 Å². The second kappa shape index (κ2) is 7.97. The van der Waals surface area contributed by atoms with E-state index in [9.17, 15) is 4.79 Å². The number of carbonyl (C=O) groups excluding carboxylic acids is 1. The Balaban J connectivity index is 1.68. The zero-order valence-corrected chi connectivity index (χ0v) is 18.8. The number of hydrogen-bond donors (Lipinski definition) is 0. The molecule has 0 spiro atoms. The van der Waals surface area contributed by atoms with E-state index in [0.29, 0.717) is 27.3 Å². The van der Waals surface area contributed by atoms with E-state index in [1.807, 2.05) is 67.6 Å². The molecule has 0 saturated carbocycles. The Hall–Kier alpha value is -2.92. The zero-order valence-electron chi connectivity index (χ0n) is 16.5. The number of amidine groups is 1. The minimum atomic E-state index is -0.202. The van der Waals surface area contributed by atoms with Crippen LogP contribution in [0.1, 0.15) is 16.0 Å². The first kappa shape index (κ1) is 20.0. The molecule has 3 aromatic carbocycles. The topological polar surface area (TPSA) is 32.7 Å². The molecular formula is C25H16Cl2N2OS. The summed E-state index contributed by atoms with van der Waals surface area (Å²) in [5.74, 6) is 0.323. The summed E-state index contributed by atoms with van der Waals surface area (Å²) in [7, 11) is 0. The molecule has 0 saturated heterocycles. The maximum absolute atomic E-state index is 13.4. The molecule has 1 aliphatic heterocycles. The van der Waals surface area contributed by atoms with Crippen molar-refractivity contribution in [3.05, 3.63) is 105 Å². The molecule has 0 atom stereocenters. The predicted octanol–water partition coefficient (Wildman–Crippen LogP) is 7.35. The van der Waals surface area contributed by atoms with Crippen LogP contribution in [0.5, 0.6) is 0 Å². The average molecular weight is 463 g/mol. The fourth-order valence-corrected chi connectivity index (χ4v) is 5.10. The highest BCUT2D eigenvalue weighted by Gasteiger charge is 2.34. The number of fused-ring (bicyclic) bond motifs is 1. The summed E-state index contributed by atoms with van der Waals surface area (Å²) in [6, 6.07) is 23.0. The molecule has 31 heavy (non-hydrogen) atoms. The Morgan fingerprint density at radius 1 is 0.935 bits per heavy atom. The highest BCUT2D eigenvalue weighted by atomic mass is 35.5. The third-order valence-corrected chi connectivity index (χ3v) is 6.99. The van der Waals surface area contributed by atoms with Gasteiger partial charge in [0.1, 0.15) is 5.70 Å². The first-order valence-electron chi connectivity index (χ1n) is 9.66. The lowest BCUT2D eigenvalue weighted by atomic mass is 10.1. The monoisotopic (exact) mass is 462 g/mol. The second-order valence-corrected chi connectivity index (χ2v) is 9.10. The number of benzene rings is 3. The Morgan fingerprint density at radius 3 is 2.35 bits per heavy atom. The number of amides is 1. The smallest absolute Gasteiger partial charge is 0.266 e. The molecule has 0 bridgehead atoms. The van der Waals surface area contributed by atoms with Gasteiger partial charge in [0, 0.05) is 15.1 Å². The van der Waals surface area contributed by atoms with E-state index in [1.54, 1.807) is 23.1 Å². The van der Waals surface area contributed by atoms with Crippen LogP contribution in [0, 0.1) is 6.92 Å². The summed E-state index contributed by atoms with van der Waals surface area (Å²) in [6.45, 7) is 2.03. The number of aliphatic imine (C=N–C) groups is 1. The number of halogens is 2. The first-order valence-corrected chi connectivity index (χ1v) is 11.2. The number of anilines is 1. The standard InChI is InChI=1S/C25H16Cl2N2OS/c1-15-6-8-16(9-7-15)14-20-25(30)29(18-12-10-17(26)11-13-18)24(28-20)23-22(27)19-4-2-3-5-21(19)31-23/h2-14H,1H3/b20-14+. The zero-order chi connectivity index (χ0) is 21.5. The van der Waals surface area contributed by atoms with E-state index in [-0.39, 0.29) is 5.91 Å². The lowest BCUT2D eigenvalue weighted by Gasteiger charge is -2.18. The van der Waals surface area contributed by atoms with Gasteiger partial charge in [-0.3, -0.25) is 9.69 Å². The highest BCUT2D eigenvalue weighted by molar-refractivity contribution is 7.21. The van der Waals surface area contributed by atoms with Gasteiger partial charge in [0.05, 0.1) is 15.6 Å². The van der Waals surface area contributed by atoms with E-state index in [1.165, 1.54) is 11.3 Å². The van der Waals surface area contributed by atoms with Crippen molar-refractivity contribution in [2.45, 2.75) is 6.92 Å². The van der Waals surface area contributed by atoms with E-state index >= 15 is 0 Å². The number of hydrogen-bond acceptors (Lipinski definition) is 3. The number of nitrogens with zero attached hydrogens (tertiary/aromatic N) is 2. The summed E-state index contributed by atoms with van der Waals surface area (Å²) < 4.78 is 1.05. The lowest BCUT2D eigenvalue weighted by Crippen LogP contribution is -2.32. The van der Waals surface area contributed by atoms with Crippen LogP contribution in [-0.4, -0.2) is 11.7 Å². The van der Waals surface area contributed by atoms with Crippen molar-refractivity contribution in [1.82, 2.24) is 0 Å². The number of carbonyl (C=O) groups is 1. The van der Waals surface area contributed by atoms with Gasteiger partial charge in [-0.2, -0.15) is 0 Å². The summed E-state index contributed by atoms with van der Waals surface area (Å²) >= 11 is 14.3. The Bertz CT molecular complexity index is 1370. The van der Waals surface area contributed by atoms with Crippen LogP contribution < -0.4 is 4.90 Å². The number of aryl methyl sites for hydroxylation is 1. The molecule has 6 heteroatoms. The third-order valence-electron chi connectivity index (χ3n) is 5.06. The lowest BCUT2D eigenvalue weighted by molar-refractivity contribution is -0.113. The van der Waals surface area contributed by atoms with Crippen LogP contribution in [0.3, 0.4) is 0 Å². The normalized spacial score (nSPS) is 15.2. The van der Waals surface area contributed by atoms with Gasteiger partial charge in [-0.1, -0.05) is 71.2 Å². The molecule has 0 N–H and O–H groups in total. The first-order chi connectivity index (χ1) is 15.0. The fraction of sp³-hybridized carbons (Fsp3) is 0.0400. The summed E-state index contributed by atoms with van der Waals surface area (Å²) in [6.07, 6.45) is 1.80. The van der Waals surface area contributed by atoms with E-state index in [0.717, 1.165) is 26.1 Å². The minimum absolute atomic E-state index is 0.202. The molecule has 1 aliphatic rings. The SMILES string of the molecule is Cc1ccc(/C=C2/N=C(c3sc4ccccc4c3Cl)N(c3ccc(Cl)cc3)C2=O)cc1. The second-order valence-electron chi connectivity index (χ2n) is 7.23. The molecular weight excluding hydrogens is 447 g/mol. The van der Waals surface area contributed by atoms with Gasteiger partial charge in [-0.25, -0.2) is 4.99 Å². The summed E-state index contributed by atoms with van der Waals surface area (Å²) in [5.41, 5.74) is 3.12. The van der Waals surface area contributed by atoms with Crippen molar-refractivity contribution in [3.63, 3.8) is 0 Å². The van der Waals surface area contributed by atoms with Gasteiger partial charge in [0.25, 0.3) is 5.91 Å². The quantitative estimate of drug-likeness (QED) is 0.293. The van der Waals surface area contributed by atoms with Crippen molar-refractivity contribution >= 4 is 68.1 Å². The van der Waals surface area contributed by atoms with E-state index in [2.05, 4.69) is 0 Å². The molecule has 0 radical (unpaired) electrons. The summed E-state index contributed by atoms with van der Waals surface area (Å²) in [5, 5.41) is 2.15. The van der Waals surface area contributed by atoms with Gasteiger partial charge in [0.2, 0.25) is 0 Å². The Kier molecular flexibility index (Phi) is 5.14. The van der Waals surface area contributed by atoms with Gasteiger partial charge in [-0.05, 0) is 48.9 Å². The van der Waals surface area contributed by atoms with Crippen LogP contribution >= 0.6 is 34.5 Å². The van der Waals surface area contributed by atoms with Gasteiger partial charge in [-0.15, -0.1) is 11.3 Å². The summed E-state index contributed by atoms with van der Waals surface area (Å²) in [4.78, 5) is 20.6. The molecule has 4 aromatic rings. The van der Waals surface area contributed by atoms with Crippen molar-refractivity contribution in [3.8, 4) is 0 Å². The van der Waals surface area contributed by atoms with Gasteiger partial charge >= 0.3 is 0 Å². The van der Waals surface area contributed by atoms with Crippen molar-refractivity contribution in [1.29, 1.82) is 0 Å². The molecule has 3 nitrogen and oxygen atoms in total. The highest BCUT2D eigenvalue weighted by Crippen LogP contribution is 2.39. The third kappa shape index (κ3) is 3.68.